The first-order chi connectivity index (χ1) is 15.5. The van der Waals surface area contributed by atoms with Crippen molar-refractivity contribution in [3.63, 3.8) is 0 Å². The van der Waals surface area contributed by atoms with Crippen LogP contribution in [0.5, 0.6) is 0 Å². The molecule has 0 N–H and O–H groups in total. The number of aromatic nitrogens is 4. The Balaban J connectivity index is 1.58. The minimum atomic E-state index is 0.0788. The fourth-order valence-electron chi connectivity index (χ4n) is 4.14. The van der Waals surface area contributed by atoms with Crippen molar-refractivity contribution in [2.24, 2.45) is 0 Å². The average Bonchev–Trinajstić information content (AvgIpc) is 3.50. The molecule has 0 amide bonds. The van der Waals surface area contributed by atoms with Crippen LogP contribution in [0.2, 0.25) is 5.02 Å². The lowest BCUT2D eigenvalue weighted by atomic mass is 10.2. The van der Waals surface area contributed by atoms with E-state index >= 15 is 0 Å². The molecule has 0 radical (unpaired) electrons. The molecule has 3 aromatic rings. The van der Waals surface area contributed by atoms with Crippen molar-refractivity contribution in [3.05, 3.63) is 52.3 Å². The molecule has 9 heteroatoms. The van der Waals surface area contributed by atoms with Gasteiger partial charge in [-0.3, -0.25) is 9.36 Å². The summed E-state index contributed by atoms with van der Waals surface area (Å²) in [5.41, 5.74) is 3.68. The lowest BCUT2D eigenvalue weighted by molar-refractivity contribution is 0.102. The van der Waals surface area contributed by atoms with E-state index in [1.807, 2.05) is 48.7 Å². The van der Waals surface area contributed by atoms with Gasteiger partial charge in [0.05, 0.1) is 18.0 Å². The van der Waals surface area contributed by atoms with Gasteiger partial charge in [0.15, 0.2) is 10.9 Å². The summed E-state index contributed by atoms with van der Waals surface area (Å²) in [7, 11) is 1.68. The van der Waals surface area contributed by atoms with E-state index in [0.29, 0.717) is 16.8 Å². The van der Waals surface area contributed by atoms with Gasteiger partial charge < -0.3 is 14.2 Å². The Labute approximate surface area is 197 Å². The van der Waals surface area contributed by atoms with E-state index in [4.69, 9.17) is 16.3 Å². The smallest absolute Gasteiger partial charge is 0.232 e. The lowest BCUT2D eigenvalue weighted by Gasteiger charge is -2.18. The zero-order valence-electron chi connectivity index (χ0n) is 18.7. The SMILES string of the molecule is COCCn1c(C)cc(C(=O)CSc2nnc(N3CCCC3)n2-c2cccc(Cl)c2)c1C. The molecule has 1 saturated heterocycles. The maximum absolute atomic E-state index is 13.1. The second kappa shape index (κ2) is 10.1. The van der Waals surface area contributed by atoms with Crippen molar-refractivity contribution in [2.45, 2.75) is 38.4 Å². The Bertz CT molecular complexity index is 1100. The van der Waals surface area contributed by atoms with E-state index in [1.165, 1.54) is 11.8 Å². The molecule has 1 aromatic carbocycles. The molecule has 0 aliphatic carbocycles. The molecule has 0 unspecified atom stereocenters. The van der Waals surface area contributed by atoms with Crippen LogP contribution < -0.4 is 4.90 Å². The topological polar surface area (TPSA) is 65.2 Å². The van der Waals surface area contributed by atoms with Crippen LogP contribution in [-0.2, 0) is 11.3 Å². The predicted octanol–water partition coefficient (Wildman–Crippen LogP) is 4.56. The maximum Gasteiger partial charge on any atom is 0.232 e. The Morgan fingerprint density at radius 2 is 1.97 bits per heavy atom. The summed E-state index contributed by atoms with van der Waals surface area (Å²) in [5.74, 6) is 1.17. The van der Waals surface area contributed by atoms with E-state index in [1.54, 1.807) is 7.11 Å². The molecule has 32 heavy (non-hydrogen) atoms. The molecular weight excluding hydrogens is 446 g/mol. The molecule has 4 rings (SSSR count). The first-order valence-corrected chi connectivity index (χ1v) is 12.1. The number of methoxy groups -OCH3 is 1. The fourth-order valence-corrected chi connectivity index (χ4v) is 5.15. The number of Topliss-reactive ketones (excluding diaryl/α,β-unsaturated/α-hetero) is 1. The molecule has 3 heterocycles. The lowest BCUT2D eigenvalue weighted by Crippen LogP contribution is -2.22. The monoisotopic (exact) mass is 473 g/mol. The highest BCUT2D eigenvalue weighted by atomic mass is 35.5. The number of thioether (sulfide) groups is 1. The van der Waals surface area contributed by atoms with Crippen LogP contribution in [0.1, 0.15) is 34.6 Å². The summed E-state index contributed by atoms with van der Waals surface area (Å²) in [6, 6.07) is 9.62. The number of carbonyl (C=O) groups excluding carboxylic acids is 1. The van der Waals surface area contributed by atoms with Crippen LogP contribution in [0.4, 0.5) is 5.95 Å². The molecule has 7 nitrogen and oxygen atoms in total. The van der Waals surface area contributed by atoms with Gasteiger partial charge in [0.1, 0.15) is 0 Å². The van der Waals surface area contributed by atoms with Crippen molar-refractivity contribution < 1.29 is 9.53 Å². The van der Waals surface area contributed by atoms with E-state index in [0.717, 1.165) is 61.1 Å². The molecular formula is C23H28ClN5O2S. The molecule has 1 aliphatic rings. The second-order valence-corrected chi connectivity index (χ2v) is 9.31. The Morgan fingerprint density at radius 3 is 2.69 bits per heavy atom. The highest BCUT2D eigenvalue weighted by molar-refractivity contribution is 7.99. The standard InChI is InChI=1S/C23H28ClN5O2S/c1-16-13-20(17(2)28(16)11-12-31-3)21(30)15-32-23-26-25-22(27-9-4-5-10-27)29(23)19-8-6-7-18(24)14-19/h6-8,13-14H,4-5,9-12,15H2,1-3H3. The maximum atomic E-state index is 13.1. The zero-order chi connectivity index (χ0) is 22.7. The zero-order valence-corrected chi connectivity index (χ0v) is 20.2. The van der Waals surface area contributed by atoms with Gasteiger partial charge >= 0.3 is 0 Å². The molecule has 0 spiro atoms. The van der Waals surface area contributed by atoms with Crippen LogP contribution in [0.25, 0.3) is 5.69 Å². The van der Waals surface area contributed by atoms with Gasteiger partial charge in [-0.15, -0.1) is 10.2 Å². The van der Waals surface area contributed by atoms with E-state index in [-0.39, 0.29) is 11.5 Å². The van der Waals surface area contributed by atoms with Crippen molar-refractivity contribution in [1.29, 1.82) is 0 Å². The van der Waals surface area contributed by atoms with Gasteiger partial charge in [-0.25, -0.2) is 0 Å². The molecule has 0 bridgehead atoms. The number of nitrogens with zero attached hydrogens (tertiary/aromatic N) is 5. The van der Waals surface area contributed by atoms with Gasteiger partial charge in [0, 0.05) is 48.7 Å². The number of aryl methyl sites for hydroxylation is 1. The quantitative estimate of drug-likeness (QED) is 0.335. The van der Waals surface area contributed by atoms with E-state index in [9.17, 15) is 4.79 Å². The highest BCUT2D eigenvalue weighted by Crippen LogP contribution is 2.30. The molecule has 170 valence electrons. The largest absolute Gasteiger partial charge is 0.383 e. The number of hydrogen-bond acceptors (Lipinski definition) is 6. The number of anilines is 1. The fraction of sp³-hybridized carbons (Fsp3) is 0.435. The normalized spacial score (nSPS) is 13.8. The summed E-state index contributed by atoms with van der Waals surface area (Å²) in [6.07, 6.45) is 2.28. The number of benzene rings is 1. The number of ketones is 1. The van der Waals surface area contributed by atoms with Gasteiger partial charge in [-0.05, 0) is 51.0 Å². The van der Waals surface area contributed by atoms with Crippen molar-refractivity contribution in [1.82, 2.24) is 19.3 Å². The minimum Gasteiger partial charge on any atom is -0.383 e. The third-order valence-electron chi connectivity index (χ3n) is 5.80. The Morgan fingerprint density at radius 1 is 1.19 bits per heavy atom. The average molecular weight is 474 g/mol. The van der Waals surface area contributed by atoms with Crippen molar-refractivity contribution in [2.75, 3.05) is 37.5 Å². The first-order valence-electron chi connectivity index (χ1n) is 10.8. The van der Waals surface area contributed by atoms with Crippen LogP contribution in [0.15, 0.2) is 35.5 Å². The van der Waals surface area contributed by atoms with Crippen LogP contribution >= 0.6 is 23.4 Å². The summed E-state index contributed by atoms with van der Waals surface area (Å²) in [4.78, 5) is 15.3. The van der Waals surface area contributed by atoms with Gasteiger partial charge in [-0.2, -0.15) is 0 Å². The van der Waals surface area contributed by atoms with Gasteiger partial charge in [-0.1, -0.05) is 29.4 Å². The molecule has 1 aliphatic heterocycles. The van der Waals surface area contributed by atoms with Crippen LogP contribution in [0.3, 0.4) is 0 Å². The molecule has 0 atom stereocenters. The third-order valence-corrected chi connectivity index (χ3v) is 6.96. The number of rotatable bonds is 9. The number of halogens is 1. The van der Waals surface area contributed by atoms with Crippen molar-refractivity contribution >= 4 is 35.1 Å². The third kappa shape index (κ3) is 4.72. The Kier molecular flexibility index (Phi) is 7.23. The van der Waals surface area contributed by atoms with Crippen LogP contribution in [0, 0.1) is 13.8 Å². The minimum absolute atomic E-state index is 0.0788. The van der Waals surface area contributed by atoms with Crippen LogP contribution in [-0.4, -0.2) is 57.7 Å². The number of ether oxygens (including phenoxy) is 1. The first kappa shape index (κ1) is 22.9. The van der Waals surface area contributed by atoms with E-state index in [2.05, 4.69) is 19.7 Å². The predicted molar refractivity (Wildman–Crippen MR) is 129 cm³/mol. The summed E-state index contributed by atoms with van der Waals surface area (Å²) < 4.78 is 9.33. The summed E-state index contributed by atoms with van der Waals surface area (Å²) >= 11 is 7.67. The highest BCUT2D eigenvalue weighted by Gasteiger charge is 2.24. The van der Waals surface area contributed by atoms with Crippen molar-refractivity contribution in [3.8, 4) is 5.69 Å². The van der Waals surface area contributed by atoms with Gasteiger partial charge in [0.2, 0.25) is 5.95 Å². The molecule has 0 saturated carbocycles. The van der Waals surface area contributed by atoms with Gasteiger partial charge in [0.25, 0.3) is 0 Å². The second-order valence-electron chi connectivity index (χ2n) is 7.93. The number of carbonyl (C=O) groups is 1. The molecule has 1 fully saturated rings. The summed E-state index contributed by atoms with van der Waals surface area (Å²) in [5, 5.41) is 10.2. The van der Waals surface area contributed by atoms with E-state index < -0.39 is 0 Å². The molecule has 2 aromatic heterocycles. The number of hydrogen-bond donors (Lipinski definition) is 0. The summed E-state index contributed by atoms with van der Waals surface area (Å²) in [6.45, 7) is 7.26. The Hall–Kier alpha value is -2.29.